The third kappa shape index (κ3) is 4.02. The van der Waals surface area contributed by atoms with Gasteiger partial charge < -0.3 is 15.4 Å². The molecule has 0 aliphatic carbocycles. The van der Waals surface area contributed by atoms with E-state index < -0.39 is 6.09 Å². The van der Waals surface area contributed by atoms with E-state index in [9.17, 15) is 4.79 Å². The number of nitrogens with one attached hydrogen (secondary N) is 2. The molecule has 1 fully saturated rings. The fourth-order valence-electron chi connectivity index (χ4n) is 2.81. The maximum Gasteiger partial charge on any atom is 0.406 e. The number of amides is 1. The standard InChI is InChI=1S/C15H20Cl2N2O2/c1-18-14(20)21-8-6-15(5-2-7-19-10-15)11-3-4-12(16)13(17)9-11/h3-4,9,19H,2,5-8,10H2,1H3,(H,18,20)/t15-/m1/s1. The average molecular weight is 331 g/mol. The minimum Gasteiger partial charge on any atom is -0.450 e. The number of alkyl carbamates (subject to hydrolysis) is 1. The molecule has 21 heavy (non-hydrogen) atoms. The molecule has 2 rings (SSSR count). The van der Waals surface area contributed by atoms with Crippen LogP contribution in [0.4, 0.5) is 4.79 Å². The van der Waals surface area contributed by atoms with Crippen molar-refractivity contribution in [2.45, 2.75) is 24.7 Å². The summed E-state index contributed by atoms with van der Waals surface area (Å²) in [5, 5.41) is 7.00. The molecular formula is C15H20Cl2N2O2. The zero-order valence-electron chi connectivity index (χ0n) is 12.0. The van der Waals surface area contributed by atoms with Crippen molar-refractivity contribution in [2.75, 3.05) is 26.7 Å². The van der Waals surface area contributed by atoms with Crippen LogP contribution in [0, 0.1) is 0 Å². The Morgan fingerprint density at radius 1 is 1.43 bits per heavy atom. The van der Waals surface area contributed by atoms with E-state index in [1.165, 1.54) is 0 Å². The number of hydrogen-bond donors (Lipinski definition) is 2. The van der Waals surface area contributed by atoms with Crippen LogP contribution in [-0.4, -0.2) is 32.8 Å². The normalized spacial score (nSPS) is 21.9. The number of ether oxygens (including phenoxy) is 1. The molecule has 0 radical (unpaired) electrons. The van der Waals surface area contributed by atoms with Crippen molar-refractivity contribution in [1.29, 1.82) is 0 Å². The van der Waals surface area contributed by atoms with Gasteiger partial charge in [-0.2, -0.15) is 0 Å². The lowest BCUT2D eigenvalue weighted by Crippen LogP contribution is -2.44. The van der Waals surface area contributed by atoms with Gasteiger partial charge in [0.15, 0.2) is 0 Å². The number of halogens is 2. The van der Waals surface area contributed by atoms with Crippen molar-refractivity contribution in [2.24, 2.45) is 0 Å². The molecule has 1 saturated heterocycles. The van der Waals surface area contributed by atoms with Gasteiger partial charge in [-0.3, -0.25) is 0 Å². The van der Waals surface area contributed by atoms with Gasteiger partial charge in [0.1, 0.15) is 0 Å². The Bertz CT molecular complexity index is 502. The van der Waals surface area contributed by atoms with Gasteiger partial charge in [-0.25, -0.2) is 4.79 Å². The molecule has 1 aliphatic rings. The largest absolute Gasteiger partial charge is 0.450 e. The molecule has 1 heterocycles. The summed E-state index contributed by atoms with van der Waals surface area (Å²) >= 11 is 12.2. The zero-order chi connectivity index (χ0) is 15.3. The number of benzene rings is 1. The third-order valence-electron chi connectivity index (χ3n) is 4.02. The van der Waals surface area contributed by atoms with Crippen LogP contribution in [0.1, 0.15) is 24.8 Å². The fourth-order valence-corrected chi connectivity index (χ4v) is 3.11. The summed E-state index contributed by atoms with van der Waals surface area (Å²) in [6, 6.07) is 5.77. The summed E-state index contributed by atoms with van der Waals surface area (Å²) in [7, 11) is 1.55. The Kier molecular flexibility index (Phi) is 5.73. The van der Waals surface area contributed by atoms with Crippen LogP contribution in [0.2, 0.25) is 10.0 Å². The lowest BCUT2D eigenvalue weighted by molar-refractivity contribution is 0.131. The monoisotopic (exact) mass is 330 g/mol. The van der Waals surface area contributed by atoms with Crippen LogP contribution < -0.4 is 10.6 Å². The zero-order valence-corrected chi connectivity index (χ0v) is 13.6. The van der Waals surface area contributed by atoms with E-state index in [2.05, 4.69) is 10.6 Å². The smallest absolute Gasteiger partial charge is 0.406 e. The van der Waals surface area contributed by atoms with Crippen LogP contribution in [0.3, 0.4) is 0 Å². The topological polar surface area (TPSA) is 50.4 Å². The summed E-state index contributed by atoms with van der Waals surface area (Å²) < 4.78 is 5.16. The average Bonchev–Trinajstić information content (AvgIpc) is 2.50. The van der Waals surface area contributed by atoms with E-state index in [4.69, 9.17) is 27.9 Å². The van der Waals surface area contributed by atoms with E-state index in [1.807, 2.05) is 18.2 Å². The Balaban J connectivity index is 2.15. The van der Waals surface area contributed by atoms with Crippen LogP contribution >= 0.6 is 23.2 Å². The molecule has 1 amide bonds. The Labute approximate surface area is 135 Å². The van der Waals surface area contributed by atoms with Gasteiger partial charge in [0.2, 0.25) is 0 Å². The molecule has 2 N–H and O–H groups in total. The molecular weight excluding hydrogens is 311 g/mol. The maximum atomic E-state index is 11.2. The molecule has 0 saturated carbocycles. The van der Waals surface area contributed by atoms with Crippen molar-refractivity contribution < 1.29 is 9.53 Å². The van der Waals surface area contributed by atoms with Crippen molar-refractivity contribution >= 4 is 29.3 Å². The highest BCUT2D eigenvalue weighted by molar-refractivity contribution is 6.42. The first-order valence-corrected chi connectivity index (χ1v) is 7.84. The molecule has 0 spiro atoms. The first-order valence-electron chi connectivity index (χ1n) is 7.08. The quantitative estimate of drug-likeness (QED) is 0.889. The van der Waals surface area contributed by atoms with Crippen LogP contribution in [0.25, 0.3) is 0 Å². The second-order valence-corrected chi connectivity index (χ2v) is 6.14. The Morgan fingerprint density at radius 2 is 2.24 bits per heavy atom. The van der Waals surface area contributed by atoms with Crippen molar-refractivity contribution in [1.82, 2.24) is 10.6 Å². The van der Waals surface area contributed by atoms with Gasteiger partial charge in [0, 0.05) is 19.0 Å². The SMILES string of the molecule is CNC(=O)OCC[C@]1(c2ccc(Cl)c(Cl)c2)CCCNC1. The molecule has 0 aromatic heterocycles. The predicted molar refractivity (Wildman–Crippen MR) is 85.3 cm³/mol. The number of carbonyl (C=O) groups is 1. The predicted octanol–water partition coefficient (Wildman–Crippen LogP) is 3.36. The summed E-state index contributed by atoms with van der Waals surface area (Å²) in [5.74, 6) is 0. The van der Waals surface area contributed by atoms with Gasteiger partial charge in [-0.05, 0) is 43.5 Å². The van der Waals surface area contributed by atoms with Crippen LogP contribution in [0.15, 0.2) is 18.2 Å². The van der Waals surface area contributed by atoms with E-state index in [1.54, 1.807) is 7.05 Å². The lowest BCUT2D eigenvalue weighted by atomic mass is 9.72. The van der Waals surface area contributed by atoms with Crippen LogP contribution in [0.5, 0.6) is 0 Å². The van der Waals surface area contributed by atoms with Crippen molar-refractivity contribution in [3.05, 3.63) is 33.8 Å². The van der Waals surface area contributed by atoms with Gasteiger partial charge in [0.25, 0.3) is 0 Å². The molecule has 1 atom stereocenters. The third-order valence-corrected chi connectivity index (χ3v) is 4.76. The van der Waals surface area contributed by atoms with E-state index in [0.717, 1.165) is 37.9 Å². The highest BCUT2D eigenvalue weighted by atomic mass is 35.5. The van der Waals surface area contributed by atoms with Gasteiger partial charge in [-0.15, -0.1) is 0 Å². The van der Waals surface area contributed by atoms with Gasteiger partial charge in [0.05, 0.1) is 16.7 Å². The maximum absolute atomic E-state index is 11.2. The van der Waals surface area contributed by atoms with E-state index >= 15 is 0 Å². The molecule has 1 aliphatic heterocycles. The second kappa shape index (κ2) is 7.34. The Hall–Kier alpha value is -0.970. The fraction of sp³-hybridized carbons (Fsp3) is 0.533. The number of hydrogen-bond acceptors (Lipinski definition) is 3. The van der Waals surface area contributed by atoms with Crippen molar-refractivity contribution in [3.8, 4) is 0 Å². The number of carbonyl (C=O) groups excluding carboxylic acids is 1. The molecule has 6 heteroatoms. The molecule has 1 aromatic carbocycles. The highest BCUT2D eigenvalue weighted by Gasteiger charge is 2.34. The summed E-state index contributed by atoms with van der Waals surface area (Å²) in [5.41, 5.74) is 1.07. The number of piperidine rings is 1. The van der Waals surface area contributed by atoms with Gasteiger partial charge in [-0.1, -0.05) is 29.3 Å². The first kappa shape index (κ1) is 16.4. The molecule has 0 unspecified atom stereocenters. The lowest BCUT2D eigenvalue weighted by Gasteiger charge is -2.38. The van der Waals surface area contributed by atoms with Crippen LogP contribution in [-0.2, 0) is 10.2 Å². The summed E-state index contributed by atoms with van der Waals surface area (Å²) in [6.45, 7) is 2.24. The summed E-state index contributed by atoms with van der Waals surface area (Å²) in [6.07, 6.45) is 2.48. The first-order chi connectivity index (χ1) is 10.1. The second-order valence-electron chi connectivity index (χ2n) is 5.33. The molecule has 116 valence electrons. The number of rotatable bonds is 4. The molecule has 4 nitrogen and oxygen atoms in total. The Morgan fingerprint density at radius 3 is 2.86 bits per heavy atom. The minimum absolute atomic E-state index is 0.0689. The highest BCUT2D eigenvalue weighted by Crippen LogP contribution is 2.37. The van der Waals surface area contributed by atoms with Crippen molar-refractivity contribution in [3.63, 3.8) is 0 Å². The van der Waals surface area contributed by atoms with E-state index in [0.29, 0.717) is 16.7 Å². The van der Waals surface area contributed by atoms with Gasteiger partial charge >= 0.3 is 6.09 Å². The molecule has 1 aromatic rings. The minimum atomic E-state index is -0.400. The summed E-state index contributed by atoms with van der Waals surface area (Å²) in [4.78, 5) is 11.2. The van der Waals surface area contributed by atoms with E-state index in [-0.39, 0.29) is 5.41 Å². The molecule has 0 bridgehead atoms.